The third kappa shape index (κ3) is 3.69. The monoisotopic (exact) mass is 220 g/mol. The lowest BCUT2D eigenvalue weighted by molar-refractivity contribution is -0.143. The molecule has 82 valence electrons. The number of hydrogen-bond acceptors (Lipinski definition) is 5. The van der Waals surface area contributed by atoms with E-state index in [1.807, 2.05) is 0 Å². The van der Waals surface area contributed by atoms with E-state index >= 15 is 0 Å². The normalized spacial score (nSPS) is 9.07. The smallest absolute Gasteiger partial charge is 0.381 e. The first-order valence-corrected chi connectivity index (χ1v) is 5.66. The number of rotatable bonds is 6. The van der Waals surface area contributed by atoms with Crippen molar-refractivity contribution >= 4 is 16.2 Å². The molecule has 0 amide bonds. The highest BCUT2D eigenvalue weighted by Crippen LogP contribution is 2.09. The predicted octanol–water partition coefficient (Wildman–Crippen LogP) is -0.578. The number of carbonyl (C=O) groups is 1. The van der Waals surface area contributed by atoms with E-state index in [-0.39, 0.29) is 11.7 Å². The zero-order valence-electron chi connectivity index (χ0n) is 8.96. The number of methoxy groups -OCH3 is 3. The summed E-state index contributed by atoms with van der Waals surface area (Å²) in [6, 6.07) is 0.887. The third-order valence-corrected chi connectivity index (χ3v) is 1.79. The second-order valence-corrected chi connectivity index (χ2v) is 3.36. The minimum absolute atomic E-state index is 0.0193. The zero-order chi connectivity index (χ0) is 11.0. The van der Waals surface area contributed by atoms with Crippen molar-refractivity contribution in [2.24, 2.45) is 0 Å². The molecule has 0 unspecified atom stereocenters. The van der Waals surface area contributed by atoms with Crippen molar-refractivity contribution in [1.29, 1.82) is 0 Å². The van der Waals surface area contributed by atoms with Gasteiger partial charge in [0.2, 0.25) is 0 Å². The fourth-order valence-electron chi connectivity index (χ4n) is 0.779. The summed E-state index contributed by atoms with van der Waals surface area (Å²) >= 11 is 0. The number of hydrogen-bond donors (Lipinski definition) is 0. The maximum absolute atomic E-state index is 11.3. The lowest BCUT2D eigenvalue weighted by Gasteiger charge is -2.10. The molecular formula is C8H16O5Si. The molecule has 0 bridgehead atoms. The lowest BCUT2D eigenvalue weighted by Crippen LogP contribution is -2.14. The van der Waals surface area contributed by atoms with Gasteiger partial charge < -0.3 is 18.9 Å². The molecule has 0 radical (unpaired) electrons. The van der Waals surface area contributed by atoms with Crippen molar-refractivity contribution in [3.8, 4) is 0 Å². The van der Waals surface area contributed by atoms with E-state index in [0.717, 1.165) is 16.3 Å². The van der Waals surface area contributed by atoms with Gasteiger partial charge in [-0.15, -0.1) is 0 Å². The number of ether oxygens (including phenoxy) is 4. The van der Waals surface area contributed by atoms with Crippen LogP contribution in [-0.2, 0) is 23.7 Å². The summed E-state index contributed by atoms with van der Waals surface area (Å²) in [6.07, 6.45) is 0. The van der Waals surface area contributed by atoms with Crippen LogP contribution in [0.5, 0.6) is 0 Å². The molecule has 0 aliphatic carbocycles. The van der Waals surface area contributed by atoms with Gasteiger partial charge in [-0.1, -0.05) is 0 Å². The molecule has 0 aromatic carbocycles. The Morgan fingerprint density at radius 1 is 1.14 bits per heavy atom. The molecule has 0 aliphatic rings. The summed E-state index contributed by atoms with van der Waals surface area (Å²) in [5.74, 6) is -0.599. The Labute approximate surface area is 86.4 Å². The minimum atomic E-state index is -0.568. The maximum atomic E-state index is 11.3. The van der Waals surface area contributed by atoms with Gasteiger partial charge in [-0.2, -0.15) is 0 Å². The second-order valence-electron chi connectivity index (χ2n) is 2.36. The second kappa shape index (κ2) is 7.25. The van der Waals surface area contributed by atoms with Gasteiger partial charge in [-0.3, -0.25) is 0 Å². The number of carbonyl (C=O) groups excluding carboxylic acids is 1. The van der Waals surface area contributed by atoms with E-state index in [4.69, 9.17) is 18.9 Å². The molecule has 0 N–H and O–H groups in total. The molecule has 0 spiro atoms. The van der Waals surface area contributed by atoms with Gasteiger partial charge in [0.25, 0.3) is 5.76 Å². The standard InChI is InChI=1S/C8H16O5Si/c1-10-6(8(11-2)12-3)7(9)13-4-5-14/h4-5H2,1-3,14H3. The van der Waals surface area contributed by atoms with E-state index in [2.05, 4.69) is 0 Å². The van der Waals surface area contributed by atoms with Gasteiger partial charge in [-0.05, 0) is 6.04 Å². The third-order valence-electron chi connectivity index (χ3n) is 1.38. The molecule has 5 nitrogen and oxygen atoms in total. The van der Waals surface area contributed by atoms with Gasteiger partial charge in [0, 0.05) is 10.2 Å². The minimum Gasteiger partial charge on any atom is -0.485 e. The molecular weight excluding hydrogens is 204 g/mol. The molecule has 0 heterocycles. The van der Waals surface area contributed by atoms with Crippen molar-refractivity contribution in [1.82, 2.24) is 0 Å². The Morgan fingerprint density at radius 3 is 2.07 bits per heavy atom. The van der Waals surface area contributed by atoms with E-state index < -0.39 is 5.97 Å². The van der Waals surface area contributed by atoms with Gasteiger partial charge in [0.05, 0.1) is 27.9 Å². The van der Waals surface area contributed by atoms with E-state index in [1.165, 1.54) is 21.3 Å². The molecule has 0 aromatic rings. The fourth-order valence-corrected chi connectivity index (χ4v) is 0.983. The highest BCUT2D eigenvalue weighted by molar-refractivity contribution is 6.08. The first-order valence-electron chi connectivity index (χ1n) is 4.24. The van der Waals surface area contributed by atoms with Crippen LogP contribution in [0.3, 0.4) is 0 Å². The van der Waals surface area contributed by atoms with Crippen LogP contribution in [0.2, 0.25) is 6.04 Å². The molecule has 0 saturated carbocycles. The summed E-state index contributed by atoms with van der Waals surface area (Å²) < 4.78 is 19.3. The van der Waals surface area contributed by atoms with Crippen LogP contribution in [0, 0.1) is 0 Å². The summed E-state index contributed by atoms with van der Waals surface area (Å²) in [5, 5.41) is 0. The molecule has 0 fully saturated rings. The topological polar surface area (TPSA) is 54.0 Å². The van der Waals surface area contributed by atoms with Crippen molar-refractivity contribution in [2.75, 3.05) is 27.9 Å². The molecule has 0 saturated heterocycles. The molecule has 0 aliphatic heterocycles. The molecule has 6 heteroatoms. The zero-order valence-corrected chi connectivity index (χ0v) is 11.0. The van der Waals surface area contributed by atoms with E-state index in [9.17, 15) is 4.79 Å². The maximum Gasteiger partial charge on any atom is 0.381 e. The molecule has 0 aromatic heterocycles. The Bertz CT molecular complexity index is 208. The van der Waals surface area contributed by atoms with Crippen LogP contribution in [-0.4, -0.2) is 44.1 Å². The Kier molecular flexibility index (Phi) is 6.64. The Morgan fingerprint density at radius 2 is 1.71 bits per heavy atom. The van der Waals surface area contributed by atoms with Crippen molar-refractivity contribution in [2.45, 2.75) is 6.04 Å². The SMILES string of the molecule is COC(OC)=C(OC)C(=O)OCC[SiH3]. The molecule has 0 rings (SSSR count). The first-order chi connectivity index (χ1) is 6.71. The van der Waals surface area contributed by atoms with Gasteiger partial charge >= 0.3 is 11.9 Å². The van der Waals surface area contributed by atoms with Gasteiger partial charge in [0.1, 0.15) is 0 Å². The lowest BCUT2D eigenvalue weighted by atomic mass is 10.5. The Balaban J connectivity index is 4.52. The van der Waals surface area contributed by atoms with Crippen molar-refractivity contribution in [3.05, 3.63) is 11.7 Å². The fraction of sp³-hybridized carbons (Fsp3) is 0.625. The summed E-state index contributed by atoms with van der Waals surface area (Å²) in [7, 11) is 5.12. The van der Waals surface area contributed by atoms with E-state index in [1.54, 1.807) is 0 Å². The van der Waals surface area contributed by atoms with Gasteiger partial charge in [-0.25, -0.2) is 4.79 Å². The largest absolute Gasteiger partial charge is 0.485 e. The van der Waals surface area contributed by atoms with Crippen LogP contribution in [0.4, 0.5) is 0 Å². The van der Waals surface area contributed by atoms with E-state index in [0.29, 0.717) is 6.61 Å². The average Bonchev–Trinajstić information content (AvgIpc) is 2.22. The van der Waals surface area contributed by atoms with Crippen LogP contribution >= 0.6 is 0 Å². The van der Waals surface area contributed by atoms with Crippen LogP contribution in [0.1, 0.15) is 0 Å². The molecule has 0 atom stereocenters. The highest BCUT2D eigenvalue weighted by Gasteiger charge is 2.19. The molecule has 14 heavy (non-hydrogen) atoms. The Hall–Kier alpha value is -1.17. The van der Waals surface area contributed by atoms with Crippen LogP contribution < -0.4 is 0 Å². The highest BCUT2D eigenvalue weighted by atomic mass is 28.1. The van der Waals surface area contributed by atoms with Crippen molar-refractivity contribution in [3.63, 3.8) is 0 Å². The van der Waals surface area contributed by atoms with Crippen molar-refractivity contribution < 1.29 is 23.7 Å². The van der Waals surface area contributed by atoms with Gasteiger partial charge in [0.15, 0.2) is 0 Å². The number of esters is 1. The quantitative estimate of drug-likeness (QED) is 0.259. The van der Waals surface area contributed by atoms with Crippen LogP contribution in [0.15, 0.2) is 11.7 Å². The summed E-state index contributed by atoms with van der Waals surface area (Å²) in [4.78, 5) is 11.3. The van der Waals surface area contributed by atoms with Crippen LogP contribution in [0.25, 0.3) is 0 Å². The average molecular weight is 220 g/mol. The summed E-state index contributed by atoms with van der Waals surface area (Å²) in [5.41, 5.74) is 0. The summed E-state index contributed by atoms with van der Waals surface area (Å²) in [6.45, 7) is 0.401. The predicted molar refractivity (Wildman–Crippen MR) is 53.8 cm³/mol. The first kappa shape index (κ1) is 12.8.